The van der Waals surface area contributed by atoms with E-state index in [4.69, 9.17) is 18.9 Å². The SMILES string of the molecule is COc1cc2c(c(OC)c1)[C@@H](c1cc(OC)ccc1OC)C1=C(CCCC1=O)N2. The number of benzene rings is 2. The Morgan fingerprint density at radius 1 is 0.862 bits per heavy atom. The number of methoxy groups -OCH3 is 4. The summed E-state index contributed by atoms with van der Waals surface area (Å²) in [6.45, 7) is 0. The zero-order valence-corrected chi connectivity index (χ0v) is 17.1. The first kappa shape index (κ1) is 19.2. The third-order valence-corrected chi connectivity index (χ3v) is 5.64. The Labute approximate surface area is 170 Å². The van der Waals surface area contributed by atoms with Gasteiger partial charge in [0.15, 0.2) is 5.78 Å². The van der Waals surface area contributed by atoms with Crippen LogP contribution in [-0.2, 0) is 4.79 Å². The first-order chi connectivity index (χ1) is 14.1. The lowest BCUT2D eigenvalue weighted by Crippen LogP contribution is -2.27. The normalized spacial score (nSPS) is 17.8. The lowest BCUT2D eigenvalue weighted by atomic mass is 9.74. The second-order valence-corrected chi connectivity index (χ2v) is 7.13. The van der Waals surface area contributed by atoms with Gasteiger partial charge >= 0.3 is 0 Å². The molecule has 0 bridgehead atoms. The van der Waals surface area contributed by atoms with Crippen LogP contribution in [-0.4, -0.2) is 34.2 Å². The van der Waals surface area contributed by atoms with Crippen molar-refractivity contribution in [1.29, 1.82) is 0 Å². The number of ketones is 1. The van der Waals surface area contributed by atoms with Gasteiger partial charge in [-0.05, 0) is 31.0 Å². The molecule has 0 saturated heterocycles. The van der Waals surface area contributed by atoms with Gasteiger partial charge in [0, 0.05) is 52.6 Å². The van der Waals surface area contributed by atoms with Gasteiger partial charge in [-0.2, -0.15) is 0 Å². The molecule has 1 atom stereocenters. The van der Waals surface area contributed by atoms with Crippen LogP contribution in [0.3, 0.4) is 0 Å². The highest BCUT2D eigenvalue weighted by Crippen LogP contribution is 2.52. The van der Waals surface area contributed by atoms with Crippen LogP contribution in [0.1, 0.15) is 36.3 Å². The van der Waals surface area contributed by atoms with E-state index in [1.54, 1.807) is 28.4 Å². The van der Waals surface area contributed by atoms with Crippen LogP contribution < -0.4 is 24.3 Å². The van der Waals surface area contributed by atoms with E-state index in [-0.39, 0.29) is 11.7 Å². The molecular weight excluding hydrogens is 370 g/mol. The fourth-order valence-electron chi connectivity index (χ4n) is 4.30. The maximum atomic E-state index is 13.1. The summed E-state index contributed by atoms with van der Waals surface area (Å²) in [5.41, 5.74) is 4.39. The molecule has 0 unspecified atom stereocenters. The molecule has 2 aliphatic rings. The number of hydrogen-bond acceptors (Lipinski definition) is 6. The minimum atomic E-state index is -0.319. The van der Waals surface area contributed by atoms with Crippen molar-refractivity contribution in [2.24, 2.45) is 0 Å². The van der Waals surface area contributed by atoms with E-state index in [1.165, 1.54) is 0 Å². The zero-order valence-electron chi connectivity index (χ0n) is 17.1. The Balaban J connectivity index is 2.03. The smallest absolute Gasteiger partial charge is 0.161 e. The molecule has 0 amide bonds. The van der Waals surface area contributed by atoms with Crippen molar-refractivity contribution < 1.29 is 23.7 Å². The number of hydrogen-bond donors (Lipinski definition) is 1. The lowest BCUT2D eigenvalue weighted by molar-refractivity contribution is -0.116. The average Bonchev–Trinajstić information content (AvgIpc) is 2.76. The summed E-state index contributed by atoms with van der Waals surface area (Å²) in [4.78, 5) is 13.1. The molecule has 0 aromatic heterocycles. The summed E-state index contributed by atoms with van der Waals surface area (Å²) in [5, 5.41) is 3.47. The topological polar surface area (TPSA) is 66.0 Å². The molecule has 2 aromatic carbocycles. The number of carbonyl (C=O) groups is 1. The van der Waals surface area contributed by atoms with Gasteiger partial charge in [-0.3, -0.25) is 4.79 Å². The molecule has 6 heteroatoms. The molecule has 0 radical (unpaired) electrons. The van der Waals surface area contributed by atoms with E-state index in [9.17, 15) is 4.79 Å². The number of ether oxygens (including phenoxy) is 4. The van der Waals surface area contributed by atoms with E-state index in [1.807, 2.05) is 30.3 Å². The van der Waals surface area contributed by atoms with E-state index in [0.29, 0.717) is 29.4 Å². The minimum absolute atomic E-state index is 0.150. The summed E-state index contributed by atoms with van der Waals surface area (Å²) in [6, 6.07) is 9.46. The summed E-state index contributed by atoms with van der Waals surface area (Å²) in [6.07, 6.45) is 2.20. The van der Waals surface area contributed by atoms with Crippen LogP contribution in [0.4, 0.5) is 5.69 Å². The van der Waals surface area contributed by atoms with Gasteiger partial charge in [0.1, 0.15) is 23.0 Å². The van der Waals surface area contributed by atoms with Crippen molar-refractivity contribution in [2.45, 2.75) is 25.2 Å². The first-order valence-electron chi connectivity index (χ1n) is 9.62. The van der Waals surface area contributed by atoms with Crippen LogP contribution in [0.2, 0.25) is 0 Å². The molecular formula is C23H25NO5. The van der Waals surface area contributed by atoms with Crippen molar-refractivity contribution in [1.82, 2.24) is 0 Å². The summed E-state index contributed by atoms with van der Waals surface area (Å²) < 4.78 is 22.3. The maximum absolute atomic E-state index is 13.1. The molecule has 6 nitrogen and oxygen atoms in total. The number of rotatable bonds is 5. The van der Waals surface area contributed by atoms with Crippen molar-refractivity contribution in [3.05, 3.63) is 52.7 Å². The Bertz CT molecular complexity index is 995. The number of nitrogens with one attached hydrogen (secondary N) is 1. The quantitative estimate of drug-likeness (QED) is 0.815. The Hall–Kier alpha value is -3.15. The van der Waals surface area contributed by atoms with Gasteiger partial charge in [0.2, 0.25) is 0 Å². The molecule has 1 heterocycles. The number of carbonyl (C=O) groups excluding carboxylic acids is 1. The Morgan fingerprint density at radius 2 is 1.62 bits per heavy atom. The van der Waals surface area contributed by atoms with Crippen LogP contribution in [0.15, 0.2) is 41.6 Å². The molecule has 0 spiro atoms. The lowest BCUT2D eigenvalue weighted by Gasteiger charge is -2.35. The highest BCUT2D eigenvalue weighted by molar-refractivity contribution is 6.01. The Kier molecular flexibility index (Phi) is 5.09. The van der Waals surface area contributed by atoms with Gasteiger partial charge in [0.05, 0.1) is 28.4 Å². The first-order valence-corrected chi connectivity index (χ1v) is 9.62. The fraction of sp³-hybridized carbons (Fsp3) is 0.348. The summed E-state index contributed by atoms with van der Waals surface area (Å²) in [7, 11) is 6.52. The van der Waals surface area contributed by atoms with Crippen LogP contribution >= 0.6 is 0 Å². The molecule has 2 aromatic rings. The number of Topliss-reactive ketones (excluding diaryl/α,β-unsaturated/α-hetero) is 1. The van der Waals surface area contributed by atoms with Gasteiger partial charge in [-0.1, -0.05) is 0 Å². The van der Waals surface area contributed by atoms with Crippen molar-refractivity contribution in [3.63, 3.8) is 0 Å². The molecule has 1 N–H and O–H groups in total. The van der Waals surface area contributed by atoms with Crippen molar-refractivity contribution in [3.8, 4) is 23.0 Å². The molecule has 4 rings (SSSR count). The second-order valence-electron chi connectivity index (χ2n) is 7.13. The Morgan fingerprint density at radius 3 is 2.31 bits per heavy atom. The van der Waals surface area contributed by atoms with Crippen LogP contribution in [0.5, 0.6) is 23.0 Å². The van der Waals surface area contributed by atoms with Gasteiger partial charge in [-0.25, -0.2) is 0 Å². The van der Waals surface area contributed by atoms with Crippen molar-refractivity contribution in [2.75, 3.05) is 33.8 Å². The van der Waals surface area contributed by atoms with E-state index in [0.717, 1.165) is 40.9 Å². The van der Waals surface area contributed by atoms with Gasteiger partial charge in [-0.15, -0.1) is 0 Å². The third-order valence-electron chi connectivity index (χ3n) is 5.64. The largest absolute Gasteiger partial charge is 0.497 e. The second kappa shape index (κ2) is 7.70. The third kappa shape index (κ3) is 3.18. The number of allylic oxidation sites excluding steroid dienone is 2. The fourth-order valence-corrected chi connectivity index (χ4v) is 4.30. The monoisotopic (exact) mass is 395 g/mol. The molecule has 1 aliphatic heterocycles. The van der Waals surface area contributed by atoms with Gasteiger partial charge in [0.25, 0.3) is 0 Å². The molecule has 29 heavy (non-hydrogen) atoms. The van der Waals surface area contributed by atoms with Crippen LogP contribution in [0.25, 0.3) is 0 Å². The molecule has 152 valence electrons. The maximum Gasteiger partial charge on any atom is 0.161 e. The standard InChI is InChI=1S/C23H25NO5/c1-26-13-8-9-19(28-3)15(10-13)21-22-16(6-5-7-18(22)25)24-17-11-14(27-2)12-20(29-4)23(17)21/h8-12,21,24H,5-7H2,1-4H3/t21-/m0/s1. The number of anilines is 1. The average molecular weight is 395 g/mol. The predicted molar refractivity (Wildman–Crippen MR) is 110 cm³/mol. The van der Waals surface area contributed by atoms with E-state index < -0.39 is 0 Å². The summed E-state index contributed by atoms with van der Waals surface area (Å²) in [5.74, 6) is 2.59. The molecule has 0 saturated carbocycles. The molecule has 1 aliphatic carbocycles. The van der Waals surface area contributed by atoms with E-state index >= 15 is 0 Å². The van der Waals surface area contributed by atoms with Crippen molar-refractivity contribution >= 4 is 11.5 Å². The zero-order chi connectivity index (χ0) is 20.5. The van der Waals surface area contributed by atoms with E-state index in [2.05, 4.69) is 5.32 Å². The highest BCUT2D eigenvalue weighted by Gasteiger charge is 2.38. The predicted octanol–water partition coefficient (Wildman–Crippen LogP) is 4.29. The minimum Gasteiger partial charge on any atom is -0.497 e. The highest BCUT2D eigenvalue weighted by atomic mass is 16.5. The molecule has 0 fully saturated rings. The van der Waals surface area contributed by atoms with Gasteiger partial charge < -0.3 is 24.3 Å². The summed E-state index contributed by atoms with van der Waals surface area (Å²) >= 11 is 0. The number of fused-ring (bicyclic) bond motifs is 1. The van der Waals surface area contributed by atoms with Crippen LogP contribution in [0, 0.1) is 0 Å².